The van der Waals surface area contributed by atoms with Crippen LogP contribution in [-0.2, 0) is 16.0 Å². The van der Waals surface area contributed by atoms with Crippen molar-refractivity contribution < 1.29 is 19.8 Å². The molecular weight excluding hydrogens is 186 g/mol. The number of nitrogens with two attached hydrogens (primary N) is 1. The summed E-state index contributed by atoms with van der Waals surface area (Å²) in [6.45, 7) is 0.546. The van der Waals surface area contributed by atoms with Gasteiger partial charge in [-0.2, -0.15) is 9.59 Å². The summed E-state index contributed by atoms with van der Waals surface area (Å²) in [5.74, 6) is -0.179. The highest BCUT2D eigenvalue weighted by atomic mass is 16.3. The van der Waals surface area contributed by atoms with E-state index in [1.807, 2.05) is 0 Å². The molecule has 0 atom stereocenters. The van der Waals surface area contributed by atoms with Crippen molar-refractivity contribution in [3.8, 4) is 11.5 Å². The molecule has 14 heavy (non-hydrogen) atoms. The van der Waals surface area contributed by atoms with E-state index in [1.165, 1.54) is 12.1 Å². The Labute approximate surface area is 80.8 Å². The summed E-state index contributed by atoms with van der Waals surface area (Å²) in [5, 5.41) is 18.0. The smallest absolute Gasteiger partial charge is 0.373 e. The van der Waals surface area contributed by atoms with Crippen molar-refractivity contribution in [1.29, 1.82) is 0 Å². The molecule has 0 fully saturated rings. The zero-order valence-corrected chi connectivity index (χ0v) is 7.43. The van der Waals surface area contributed by atoms with E-state index in [1.54, 1.807) is 6.07 Å². The standard InChI is InChI=1S/C8H11NO2.CO2/c9-4-3-6-1-2-7(10)8(11)5-6;2-1-3/h1-2,5,10-11H,3-4,9H2;. The number of aromatic hydroxyl groups is 2. The first-order valence-electron chi connectivity index (χ1n) is 3.86. The first kappa shape index (κ1) is 12.2. The first-order valence-corrected chi connectivity index (χ1v) is 3.86. The number of hydrogen-bond donors (Lipinski definition) is 3. The number of carbonyl (C=O) groups excluding carboxylic acids is 2. The highest BCUT2D eigenvalue weighted by Crippen LogP contribution is 2.24. The van der Waals surface area contributed by atoms with Crippen LogP contribution in [0.5, 0.6) is 11.5 Å². The second kappa shape index (κ2) is 6.65. The lowest BCUT2D eigenvalue weighted by Gasteiger charge is -2.00. The van der Waals surface area contributed by atoms with Gasteiger partial charge in [0, 0.05) is 0 Å². The van der Waals surface area contributed by atoms with Crippen molar-refractivity contribution in [3.63, 3.8) is 0 Å². The lowest BCUT2D eigenvalue weighted by atomic mass is 10.1. The largest absolute Gasteiger partial charge is 0.504 e. The van der Waals surface area contributed by atoms with E-state index in [4.69, 9.17) is 25.5 Å². The Morgan fingerprint density at radius 1 is 1.21 bits per heavy atom. The monoisotopic (exact) mass is 197 g/mol. The van der Waals surface area contributed by atoms with Gasteiger partial charge in [-0.3, -0.25) is 0 Å². The van der Waals surface area contributed by atoms with E-state index in [0.717, 1.165) is 5.56 Å². The van der Waals surface area contributed by atoms with Gasteiger partial charge in [0.1, 0.15) is 0 Å². The topological polar surface area (TPSA) is 101 Å². The van der Waals surface area contributed by atoms with Gasteiger partial charge in [-0.25, -0.2) is 0 Å². The highest BCUT2D eigenvalue weighted by Gasteiger charge is 1.98. The van der Waals surface area contributed by atoms with E-state index in [2.05, 4.69) is 0 Å². The summed E-state index contributed by atoms with van der Waals surface area (Å²) >= 11 is 0. The molecule has 0 amide bonds. The lowest BCUT2D eigenvalue weighted by Crippen LogP contribution is -2.02. The summed E-state index contributed by atoms with van der Waals surface area (Å²) in [4.78, 5) is 16.2. The maximum Gasteiger partial charge on any atom is 0.373 e. The van der Waals surface area contributed by atoms with Gasteiger partial charge in [0.15, 0.2) is 11.5 Å². The van der Waals surface area contributed by atoms with E-state index >= 15 is 0 Å². The minimum Gasteiger partial charge on any atom is -0.504 e. The summed E-state index contributed by atoms with van der Waals surface area (Å²) in [6, 6.07) is 4.71. The molecule has 0 aliphatic heterocycles. The number of rotatable bonds is 2. The number of benzene rings is 1. The van der Waals surface area contributed by atoms with Gasteiger partial charge >= 0.3 is 6.15 Å². The Morgan fingerprint density at radius 3 is 2.21 bits per heavy atom. The maximum absolute atomic E-state index is 9.04. The molecule has 0 saturated heterocycles. The molecule has 76 valence electrons. The second-order valence-electron chi connectivity index (χ2n) is 2.45. The molecule has 5 heteroatoms. The molecule has 5 nitrogen and oxygen atoms in total. The van der Waals surface area contributed by atoms with E-state index < -0.39 is 0 Å². The van der Waals surface area contributed by atoms with Crippen molar-refractivity contribution in [1.82, 2.24) is 0 Å². The fraction of sp³-hybridized carbons (Fsp3) is 0.222. The molecule has 0 heterocycles. The number of phenolic OH excluding ortho intramolecular Hbond substituents is 2. The van der Waals surface area contributed by atoms with Crippen molar-refractivity contribution in [2.24, 2.45) is 5.73 Å². The van der Waals surface area contributed by atoms with Crippen LogP contribution in [0.25, 0.3) is 0 Å². The molecule has 0 unspecified atom stereocenters. The Bertz CT molecular complexity index is 319. The molecule has 1 aromatic carbocycles. The van der Waals surface area contributed by atoms with Gasteiger partial charge in [-0.1, -0.05) is 6.07 Å². The van der Waals surface area contributed by atoms with Gasteiger partial charge in [0.25, 0.3) is 0 Å². The van der Waals surface area contributed by atoms with Crippen molar-refractivity contribution in [2.45, 2.75) is 6.42 Å². The van der Waals surface area contributed by atoms with Gasteiger partial charge in [-0.15, -0.1) is 0 Å². The Balaban J connectivity index is 0.000000500. The lowest BCUT2D eigenvalue weighted by molar-refractivity contribution is -0.191. The van der Waals surface area contributed by atoms with E-state index in [9.17, 15) is 0 Å². The van der Waals surface area contributed by atoms with Crippen molar-refractivity contribution in [2.75, 3.05) is 6.54 Å². The molecule has 0 radical (unpaired) electrons. The van der Waals surface area contributed by atoms with Crippen LogP contribution in [0.15, 0.2) is 18.2 Å². The van der Waals surface area contributed by atoms with Crippen LogP contribution in [0.4, 0.5) is 0 Å². The summed E-state index contributed by atoms with van der Waals surface area (Å²) in [6.07, 6.45) is 0.966. The summed E-state index contributed by atoms with van der Waals surface area (Å²) in [7, 11) is 0. The Hall–Kier alpha value is -1.84. The molecule has 0 saturated carbocycles. The number of phenols is 2. The zero-order valence-electron chi connectivity index (χ0n) is 7.43. The third-order valence-corrected chi connectivity index (χ3v) is 1.47. The normalized spacial score (nSPS) is 8.36. The van der Waals surface area contributed by atoms with E-state index in [0.29, 0.717) is 13.0 Å². The third-order valence-electron chi connectivity index (χ3n) is 1.47. The van der Waals surface area contributed by atoms with Crippen LogP contribution in [0, 0.1) is 0 Å². The zero-order chi connectivity index (χ0) is 11.0. The third kappa shape index (κ3) is 4.25. The maximum atomic E-state index is 9.04. The summed E-state index contributed by atoms with van der Waals surface area (Å²) in [5.41, 5.74) is 6.24. The predicted molar refractivity (Wildman–Crippen MR) is 47.5 cm³/mol. The summed E-state index contributed by atoms with van der Waals surface area (Å²) < 4.78 is 0. The van der Waals surface area contributed by atoms with Crippen LogP contribution in [0.2, 0.25) is 0 Å². The quantitative estimate of drug-likeness (QED) is 0.580. The van der Waals surface area contributed by atoms with Crippen LogP contribution in [0.1, 0.15) is 5.56 Å². The predicted octanol–water partition coefficient (Wildman–Crippen LogP) is 0.0155. The molecule has 0 aromatic heterocycles. The van der Waals surface area contributed by atoms with Gasteiger partial charge in [-0.05, 0) is 30.7 Å². The minimum atomic E-state index is -0.0919. The first-order chi connectivity index (χ1) is 6.65. The molecular formula is C9H11NO4. The molecule has 4 N–H and O–H groups in total. The van der Waals surface area contributed by atoms with Crippen LogP contribution >= 0.6 is 0 Å². The van der Waals surface area contributed by atoms with Crippen LogP contribution in [-0.4, -0.2) is 22.9 Å². The number of hydrogen-bond acceptors (Lipinski definition) is 5. The second-order valence-corrected chi connectivity index (χ2v) is 2.45. The fourth-order valence-electron chi connectivity index (χ4n) is 0.891. The molecule has 0 bridgehead atoms. The van der Waals surface area contributed by atoms with Gasteiger partial charge < -0.3 is 15.9 Å². The Morgan fingerprint density at radius 2 is 1.79 bits per heavy atom. The Kier molecular flexibility index (Phi) is 5.78. The highest BCUT2D eigenvalue weighted by molar-refractivity contribution is 5.40. The van der Waals surface area contributed by atoms with E-state index in [-0.39, 0.29) is 17.7 Å². The van der Waals surface area contributed by atoms with Crippen LogP contribution in [0.3, 0.4) is 0 Å². The van der Waals surface area contributed by atoms with Gasteiger partial charge in [0.2, 0.25) is 0 Å². The van der Waals surface area contributed by atoms with Crippen molar-refractivity contribution >= 4 is 6.15 Å². The van der Waals surface area contributed by atoms with Crippen LogP contribution < -0.4 is 5.73 Å². The molecule has 0 spiro atoms. The molecule has 0 aliphatic carbocycles. The molecule has 1 rings (SSSR count). The minimum absolute atomic E-state index is 0.0871. The molecule has 1 aromatic rings. The van der Waals surface area contributed by atoms with Gasteiger partial charge in [0.05, 0.1) is 0 Å². The SMILES string of the molecule is NCCc1ccc(O)c(O)c1.O=C=O. The fourth-order valence-corrected chi connectivity index (χ4v) is 0.891. The van der Waals surface area contributed by atoms with Crippen molar-refractivity contribution in [3.05, 3.63) is 23.8 Å². The average molecular weight is 197 g/mol. The average Bonchev–Trinajstić information content (AvgIpc) is 2.13. The molecule has 0 aliphatic rings.